The van der Waals surface area contributed by atoms with E-state index in [9.17, 15) is 0 Å². The molecule has 2 aromatic heterocycles. The Morgan fingerprint density at radius 2 is 2.29 bits per heavy atom. The molecule has 0 atom stereocenters. The van der Waals surface area contributed by atoms with Gasteiger partial charge in [-0.25, -0.2) is 4.98 Å². The van der Waals surface area contributed by atoms with Crippen LogP contribution in [-0.2, 0) is 6.42 Å². The normalized spacial score (nSPS) is 11.5. The van der Waals surface area contributed by atoms with E-state index in [0.717, 1.165) is 16.6 Å². The number of hydrogen-bond donors (Lipinski definition) is 0. The van der Waals surface area contributed by atoms with E-state index >= 15 is 0 Å². The van der Waals surface area contributed by atoms with Crippen LogP contribution in [-0.4, -0.2) is 16.6 Å². The van der Waals surface area contributed by atoms with Gasteiger partial charge in [-0.2, -0.15) is 4.98 Å². The fourth-order valence-electron chi connectivity index (χ4n) is 1.43. The molecule has 0 spiro atoms. The van der Waals surface area contributed by atoms with Crippen molar-refractivity contribution >= 4 is 33.2 Å². The van der Waals surface area contributed by atoms with Crippen molar-refractivity contribution < 1.29 is 4.74 Å². The zero-order valence-electron chi connectivity index (χ0n) is 9.74. The zero-order chi connectivity index (χ0) is 12.3. The molecule has 5 heteroatoms. The van der Waals surface area contributed by atoms with Crippen LogP contribution in [0.1, 0.15) is 18.7 Å². The quantitative estimate of drug-likeness (QED) is 0.624. The molecule has 0 fully saturated rings. The fourth-order valence-corrected chi connectivity index (χ4v) is 2.60. The van der Waals surface area contributed by atoms with Gasteiger partial charge in [0.1, 0.15) is 11.4 Å². The smallest absolute Gasteiger partial charge is 0.227 e. The van der Waals surface area contributed by atoms with Crippen LogP contribution in [0.25, 0.3) is 10.2 Å². The standard InChI is InChI=1S/C12H13ClN2OS/c1-3-5-6-16-10-9-7-8(4-2)17-11(9)15-12(13)14-10/h3,5,7H,4,6H2,1-2H3/b5-3+. The lowest BCUT2D eigenvalue weighted by Gasteiger charge is -2.03. The minimum absolute atomic E-state index is 0.234. The van der Waals surface area contributed by atoms with E-state index in [2.05, 4.69) is 23.0 Å². The predicted octanol–water partition coefficient (Wildman–Crippen LogP) is 3.86. The first-order valence-corrected chi connectivity index (χ1v) is 6.64. The number of fused-ring (bicyclic) bond motifs is 1. The van der Waals surface area contributed by atoms with Gasteiger partial charge in [0, 0.05) is 4.88 Å². The van der Waals surface area contributed by atoms with E-state index in [1.807, 2.05) is 19.1 Å². The second-order valence-corrected chi connectivity index (χ2v) is 4.92. The zero-order valence-corrected chi connectivity index (χ0v) is 11.3. The molecule has 0 aliphatic heterocycles. The predicted molar refractivity (Wildman–Crippen MR) is 72.1 cm³/mol. The highest BCUT2D eigenvalue weighted by Crippen LogP contribution is 2.31. The summed E-state index contributed by atoms with van der Waals surface area (Å²) in [6, 6.07) is 2.07. The lowest BCUT2D eigenvalue weighted by atomic mass is 10.3. The summed E-state index contributed by atoms with van der Waals surface area (Å²) in [6.45, 7) is 4.56. The summed E-state index contributed by atoms with van der Waals surface area (Å²) >= 11 is 7.51. The molecule has 0 radical (unpaired) electrons. The molecule has 0 amide bonds. The summed E-state index contributed by atoms with van der Waals surface area (Å²) in [7, 11) is 0. The van der Waals surface area contributed by atoms with Gasteiger partial charge in [-0.3, -0.25) is 0 Å². The Hall–Kier alpha value is -1.13. The van der Waals surface area contributed by atoms with Crippen molar-refractivity contribution in [3.05, 3.63) is 28.4 Å². The van der Waals surface area contributed by atoms with Crippen molar-refractivity contribution in [3.63, 3.8) is 0 Å². The van der Waals surface area contributed by atoms with Crippen LogP contribution in [0.4, 0.5) is 0 Å². The molecule has 0 aliphatic rings. The van der Waals surface area contributed by atoms with Gasteiger partial charge in [-0.1, -0.05) is 19.1 Å². The van der Waals surface area contributed by atoms with Crippen LogP contribution >= 0.6 is 22.9 Å². The third-order valence-electron chi connectivity index (χ3n) is 2.28. The summed E-state index contributed by atoms with van der Waals surface area (Å²) in [5.74, 6) is 0.564. The van der Waals surface area contributed by atoms with E-state index in [4.69, 9.17) is 16.3 Å². The molecule has 0 unspecified atom stereocenters. The van der Waals surface area contributed by atoms with Crippen molar-refractivity contribution in [2.75, 3.05) is 6.61 Å². The molecule has 0 aromatic carbocycles. The minimum Gasteiger partial charge on any atom is -0.473 e. The van der Waals surface area contributed by atoms with E-state index < -0.39 is 0 Å². The number of rotatable bonds is 4. The number of allylic oxidation sites excluding steroid dienone is 1. The van der Waals surface area contributed by atoms with Gasteiger partial charge in [-0.05, 0) is 31.0 Å². The number of halogens is 1. The molecule has 2 rings (SSSR count). The minimum atomic E-state index is 0.234. The van der Waals surface area contributed by atoms with Gasteiger partial charge in [0.15, 0.2) is 0 Å². The number of hydrogen-bond acceptors (Lipinski definition) is 4. The summed E-state index contributed by atoms with van der Waals surface area (Å²) in [6.07, 6.45) is 4.84. The van der Waals surface area contributed by atoms with Gasteiger partial charge >= 0.3 is 0 Å². The lowest BCUT2D eigenvalue weighted by molar-refractivity contribution is 0.352. The molecular weight excluding hydrogens is 256 g/mol. The average molecular weight is 269 g/mol. The molecule has 0 N–H and O–H groups in total. The van der Waals surface area contributed by atoms with Crippen LogP contribution in [0.2, 0.25) is 5.28 Å². The summed E-state index contributed by atoms with van der Waals surface area (Å²) in [5, 5.41) is 1.18. The van der Waals surface area contributed by atoms with Crippen LogP contribution in [0.5, 0.6) is 5.88 Å². The molecule has 90 valence electrons. The van der Waals surface area contributed by atoms with Gasteiger partial charge < -0.3 is 4.74 Å². The Labute approximate surface area is 109 Å². The van der Waals surface area contributed by atoms with Crippen molar-refractivity contribution in [2.45, 2.75) is 20.3 Å². The molecule has 2 aromatic rings. The summed E-state index contributed by atoms with van der Waals surface area (Å²) < 4.78 is 5.58. The molecule has 0 saturated carbocycles. The van der Waals surface area contributed by atoms with E-state index in [-0.39, 0.29) is 5.28 Å². The average Bonchev–Trinajstić information content (AvgIpc) is 2.72. The van der Waals surface area contributed by atoms with Crippen molar-refractivity contribution in [3.8, 4) is 5.88 Å². The first-order valence-electron chi connectivity index (χ1n) is 5.44. The fraction of sp³-hybridized carbons (Fsp3) is 0.333. The molecular formula is C12H13ClN2OS. The number of thiophene rings is 1. The van der Waals surface area contributed by atoms with Crippen molar-refractivity contribution in [2.24, 2.45) is 0 Å². The molecule has 0 bridgehead atoms. The number of aryl methyl sites for hydroxylation is 1. The highest BCUT2D eigenvalue weighted by Gasteiger charge is 2.11. The third kappa shape index (κ3) is 2.76. The van der Waals surface area contributed by atoms with Crippen molar-refractivity contribution in [1.29, 1.82) is 0 Å². The maximum atomic E-state index is 5.88. The summed E-state index contributed by atoms with van der Waals surface area (Å²) in [4.78, 5) is 10.5. The number of nitrogens with zero attached hydrogens (tertiary/aromatic N) is 2. The molecule has 2 heterocycles. The molecule has 17 heavy (non-hydrogen) atoms. The third-order valence-corrected chi connectivity index (χ3v) is 3.62. The molecule has 0 saturated heterocycles. The van der Waals surface area contributed by atoms with Crippen molar-refractivity contribution in [1.82, 2.24) is 9.97 Å². The van der Waals surface area contributed by atoms with Gasteiger partial charge in [-0.15, -0.1) is 11.3 Å². The van der Waals surface area contributed by atoms with Gasteiger partial charge in [0.25, 0.3) is 0 Å². The molecule has 0 aliphatic carbocycles. The van der Waals surface area contributed by atoms with E-state index in [1.54, 1.807) is 11.3 Å². The Morgan fingerprint density at radius 1 is 1.47 bits per heavy atom. The van der Waals surface area contributed by atoms with Gasteiger partial charge in [0.05, 0.1) is 5.39 Å². The Balaban J connectivity index is 2.41. The lowest BCUT2D eigenvalue weighted by Crippen LogP contribution is -1.97. The second kappa shape index (κ2) is 5.47. The SMILES string of the molecule is C/C=C/COc1nc(Cl)nc2sc(CC)cc12. The Kier molecular flexibility index (Phi) is 3.97. The van der Waals surface area contributed by atoms with Crippen LogP contribution in [0.3, 0.4) is 0 Å². The Bertz CT molecular complexity index is 551. The number of ether oxygens (including phenoxy) is 1. The second-order valence-electron chi connectivity index (χ2n) is 3.46. The summed E-state index contributed by atoms with van der Waals surface area (Å²) in [5.41, 5.74) is 0. The topological polar surface area (TPSA) is 35.0 Å². The largest absolute Gasteiger partial charge is 0.473 e. The maximum absolute atomic E-state index is 5.88. The molecule has 3 nitrogen and oxygen atoms in total. The van der Waals surface area contributed by atoms with Crippen LogP contribution in [0.15, 0.2) is 18.2 Å². The number of aromatic nitrogens is 2. The Morgan fingerprint density at radius 3 is 3.00 bits per heavy atom. The van der Waals surface area contributed by atoms with Crippen LogP contribution in [0, 0.1) is 0 Å². The van der Waals surface area contributed by atoms with E-state index in [0.29, 0.717) is 12.5 Å². The van der Waals surface area contributed by atoms with Gasteiger partial charge in [0.2, 0.25) is 11.2 Å². The first kappa shape index (κ1) is 12.3. The van der Waals surface area contributed by atoms with E-state index in [1.165, 1.54) is 4.88 Å². The first-order chi connectivity index (χ1) is 8.24. The highest BCUT2D eigenvalue weighted by molar-refractivity contribution is 7.18. The monoisotopic (exact) mass is 268 g/mol. The van der Waals surface area contributed by atoms with Crippen LogP contribution < -0.4 is 4.74 Å². The maximum Gasteiger partial charge on any atom is 0.227 e. The highest BCUT2D eigenvalue weighted by atomic mass is 35.5.